The van der Waals surface area contributed by atoms with Crippen molar-refractivity contribution in [2.75, 3.05) is 6.54 Å². The first-order valence-electron chi connectivity index (χ1n) is 7.47. The van der Waals surface area contributed by atoms with E-state index in [9.17, 15) is 9.59 Å². The summed E-state index contributed by atoms with van der Waals surface area (Å²) in [6.07, 6.45) is -0.844. The maximum atomic E-state index is 12.1. The first kappa shape index (κ1) is 17.1. The Morgan fingerprint density at radius 3 is 2.57 bits per heavy atom. The topological polar surface area (TPSA) is 68.3 Å². The van der Waals surface area contributed by atoms with Gasteiger partial charge in [-0.25, -0.2) is 9.78 Å². The minimum absolute atomic E-state index is 0.220. The Kier molecular flexibility index (Phi) is 5.87. The number of esters is 1. The fourth-order valence-corrected chi connectivity index (χ4v) is 2.60. The maximum Gasteiger partial charge on any atom is 0.358 e. The molecule has 1 N–H and O–H groups in total. The third-order valence-electron chi connectivity index (χ3n) is 3.07. The fraction of sp³-hybridized carbons (Fsp3) is 0.353. The molecule has 0 saturated carbocycles. The molecule has 0 bridgehead atoms. The molecule has 0 aliphatic heterocycles. The van der Waals surface area contributed by atoms with Crippen LogP contribution < -0.4 is 5.32 Å². The van der Waals surface area contributed by atoms with E-state index in [0.717, 1.165) is 10.6 Å². The van der Waals surface area contributed by atoms with Crippen molar-refractivity contribution in [2.45, 2.75) is 26.9 Å². The molecule has 0 aliphatic rings. The number of amides is 1. The number of hydrogen-bond donors (Lipinski definition) is 1. The number of rotatable bonds is 6. The zero-order chi connectivity index (χ0) is 16.8. The van der Waals surface area contributed by atoms with Gasteiger partial charge in [-0.15, -0.1) is 11.3 Å². The van der Waals surface area contributed by atoms with E-state index in [1.165, 1.54) is 11.3 Å². The smallest absolute Gasteiger partial charge is 0.358 e. The third-order valence-corrected chi connectivity index (χ3v) is 3.96. The molecule has 0 fully saturated rings. The van der Waals surface area contributed by atoms with Crippen molar-refractivity contribution in [3.8, 4) is 10.6 Å². The minimum Gasteiger partial charge on any atom is -0.448 e. The Morgan fingerprint density at radius 2 is 1.91 bits per heavy atom. The average Bonchev–Trinajstić information content (AvgIpc) is 3.03. The van der Waals surface area contributed by atoms with Gasteiger partial charge in [0.15, 0.2) is 11.8 Å². The lowest BCUT2D eigenvalue weighted by Gasteiger charge is -2.13. The molecule has 1 amide bonds. The van der Waals surface area contributed by atoms with Gasteiger partial charge in [0.1, 0.15) is 5.01 Å². The van der Waals surface area contributed by atoms with Gasteiger partial charge in [0.2, 0.25) is 0 Å². The quantitative estimate of drug-likeness (QED) is 0.825. The Balaban J connectivity index is 1.96. The Morgan fingerprint density at radius 1 is 1.22 bits per heavy atom. The van der Waals surface area contributed by atoms with Crippen LogP contribution in [-0.4, -0.2) is 29.5 Å². The van der Waals surface area contributed by atoms with Crippen LogP contribution in [0.15, 0.2) is 35.7 Å². The zero-order valence-electron chi connectivity index (χ0n) is 13.4. The van der Waals surface area contributed by atoms with E-state index in [-0.39, 0.29) is 11.6 Å². The molecule has 6 heteroatoms. The van der Waals surface area contributed by atoms with Crippen LogP contribution >= 0.6 is 11.3 Å². The molecule has 1 aromatic heterocycles. The normalized spacial score (nSPS) is 12.0. The highest BCUT2D eigenvalue weighted by molar-refractivity contribution is 7.13. The standard InChI is InChI=1S/C17H20N2O3S/c1-11(2)9-18-15(20)12(3)22-17(21)14-10-23-16(19-14)13-7-5-4-6-8-13/h4-8,10-12H,9H2,1-3H3,(H,18,20)/t12-/m0/s1. The number of hydrogen-bond acceptors (Lipinski definition) is 5. The van der Waals surface area contributed by atoms with Crippen molar-refractivity contribution in [2.24, 2.45) is 5.92 Å². The second-order valence-electron chi connectivity index (χ2n) is 5.59. The fourth-order valence-electron chi connectivity index (χ4n) is 1.80. The summed E-state index contributed by atoms with van der Waals surface area (Å²) in [5.74, 6) is -0.546. The van der Waals surface area contributed by atoms with E-state index >= 15 is 0 Å². The number of carbonyl (C=O) groups is 2. The lowest BCUT2D eigenvalue weighted by atomic mass is 10.2. The van der Waals surface area contributed by atoms with Crippen LogP contribution in [0.5, 0.6) is 0 Å². The number of carbonyl (C=O) groups excluding carboxylic acids is 2. The highest BCUT2D eigenvalue weighted by atomic mass is 32.1. The second-order valence-corrected chi connectivity index (χ2v) is 6.45. The molecule has 0 saturated heterocycles. The zero-order valence-corrected chi connectivity index (χ0v) is 14.2. The molecule has 23 heavy (non-hydrogen) atoms. The summed E-state index contributed by atoms with van der Waals surface area (Å²) in [5.41, 5.74) is 1.16. The van der Waals surface area contributed by atoms with Crippen molar-refractivity contribution in [1.29, 1.82) is 0 Å². The number of ether oxygens (including phenoxy) is 1. The molecule has 1 heterocycles. The summed E-state index contributed by atoms with van der Waals surface area (Å²) >= 11 is 1.37. The predicted octanol–water partition coefficient (Wildman–Crippen LogP) is 3.13. The van der Waals surface area contributed by atoms with E-state index in [1.807, 2.05) is 44.2 Å². The van der Waals surface area contributed by atoms with Crippen LogP contribution in [-0.2, 0) is 9.53 Å². The molecule has 2 rings (SSSR count). The van der Waals surface area contributed by atoms with E-state index in [0.29, 0.717) is 12.5 Å². The molecule has 1 aromatic carbocycles. The summed E-state index contributed by atoms with van der Waals surface area (Å²) in [6, 6.07) is 9.60. The van der Waals surface area contributed by atoms with Crippen LogP contribution in [0.2, 0.25) is 0 Å². The number of nitrogens with one attached hydrogen (secondary N) is 1. The molecule has 122 valence electrons. The molecular formula is C17H20N2O3S. The minimum atomic E-state index is -0.844. The second kappa shape index (κ2) is 7.87. The lowest BCUT2D eigenvalue weighted by molar-refractivity contribution is -0.129. The van der Waals surface area contributed by atoms with Gasteiger partial charge in [-0.1, -0.05) is 44.2 Å². The summed E-state index contributed by atoms with van der Waals surface area (Å²) in [7, 11) is 0. The van der Waals surface area contributed by atoms with E-state index in [2.05, 4.69) is 10.3 Å². The number of benzene rings is 1. The SMILES string of the molecule is CC(C)CNC(=O)[C@H](C)OC(=O)c1csc(-c2ccccc2)n1. The summed E-state index contributed by atoms with van der Waals surface area (Å²) in [5, 5.41) is 5.12. The van der Waals surface area contributed by atoms with Crippen molar-refractivity contribution in [1.82, 2.24) is 10.3 Å². The lowest BCUT2D eigenvalue weighted by Crippen LogP contribution is -2.37. The van der Waals surface area contributed by atoms with Crippen molar-refractivity contribution < 1.29 is 14.3 Å². The van der Waals surface area contributed by atoms with Crippen molar-refractivity contribution in [3.63, 3.8) is 0 Å². The largest absolute Gasteiger partial charge is 0.448 e. The number of nitrogens with zero attached hydrogens (tertiary/aromatic N) is 1. The first-order chi connectivity index (χ1) is 11.0. The van der Waals surface area contributed by atoms with Gasteiger partial charge in [0.25, 0.3) is 5.91 Å². The molecular weight excluding hydrogens is 312 g/mol. The van der Waals surface area contributed by atoms with Crippen LogP contribution in [0, 0.1) is 5.92 Å². The molecule has 0 unspecified atom stereocenters. The molecule has 5 nitrogen and oxygen atoms in total. The van der Waals surface area contributed by atoms with Gasteiger partial charge in [0, 0.05) is 17.5 Å². The summed E-state index contributed by atoms with van der Waals surface area (Å²) in [4.78, 5) is 28.2. The Hall–Kier alpha value is -2.21. The predicted molar refractivity (Wildman–Crippen MR) is 90.3 cm³/mol. The molecule has 0 radical (unpaired) electrons. The maximum absolute atomic E-state index is 12.1. The summed E-state index contributed by atoms with van der Waals surface area (Å²) < 4.78 is 5.17. The third kappa shape index (κ3) is 4.89. The highest BCUT2D eigenvalue weighted by Crippen LogP contribution is 2.23. The van der Waals surface area contributed by atoms with E-state index in [4.69, 9.17) is 4.74 Å². The molecule has 0 spiro atoms. The van der Waals surface area contributed by atoms with Gasteiger partial charge < -0.3 is 10.1 Å². The first-order valence-corrected chi connectivity index (χ1v) is 8.35. The van der Waals surface area contributed by atoms with Gasteiger partial charge in [-0.05, 0) is 12.8 Å². The Bertz CT molecular complexity index is 667. The molecule has 0 aliphatic carbocycles. The number of aromatic nitrogens is 1. The monoisotopic (exact) mass is 332 g/mol. The van der Waals surface area contributed by atoms with Crippen LogP contribution in [0.25, 0.3) is 10.6 Å². The van der Waals surface area contributed by atoms with Gasteiger partial charge in [0.05, 0.1) is 0 Å². The van der Waals surface area contributed by atoms with Crippen molar-refractivity contribution >= 4 is 23.2 Å². The van der Waals surface area contributed by atoms with E-state index < -0.39 is 12.1 Å². The highest BCUT2D eigenvalue weighted by Gasteiger charge is 2.21. The van der Waals surface area contributed by atoms with Gasteiger partial charge in [-0.3, -0.25) is 4.79 Å². The van der Waals surface area contributed by atoms with Crippen molar-refractivity contribution in [3.05, 3.63) is 41.4 Å². The van der Waals surface area contributed by atoms with Crippen LogP contribution in [0.3, 0.4) is 0 Å². The average molecular weight is 332 g/mol. The van der Waals surface area contributed by atoms with Crippen LogP contribution in [0.4, 0.5) is 0 Å². The van der Waals surface area contributed by atoms with Gasteiger partial charge >= 0.3 is 5.97 Å². The van der Waals surface area contributed by atoms with Gasteiger partial charge in [-0.2, -0.15) is 0 Å². The van der Waals surface area contributed by atoms with Crippen LogP contribution in [0.1, 0.15) is 31.3 Å². The van der Waals surface area contributed by atoms with E-state index in [1.54, 1.807) is 12.3 Å². The Labute approximate surface area is 139 Å². The number of thiazole rings is 1. The summed E-state index contributed by atoms with van der Waals surface area (Å²) in [6.45, 7) is 6.10. The molecule has 2 aromatic rings. The molecule has 1 atom stereocenters.